The van der Waals surface area contributed by atoms with Crippen molar-refractivity contribution in [2.24, 2.45) is 11.7 Å². The van der Waals surface area contributed by atoms with E-state index in [9.17, 15) is 13.2 Å². The van der Waals surface area contributed by atoms with Crippen LogP contribution in [0.1, 0.15) is 32.1 Å². The van der Waals surface area contributed by atoms with Crippen LogP contribution in [0.5, 0.6) is 0 Å². The highest BCUT2D eigenvalue weighted by Crippen LogP contribution is 2.29. The van der Waals surface area contributed by atoms with E-state index in [0.717, 1.165) is 19.3 Å². The van der Waals surface area contributed by atoms with Gasteiger partial charge in [-0.2, -0.15) is 0 Å². The van der Waals surface area contributed by atoms with Gasteiger partial charge in [0, 0.05) is 0 Å². The lowest BCUT2D eigenvalue weighted by atomic mass is 9.89. The van der Waals surface area contributed by atoms with E-state index in [1.807, 2.05) is 0 Å². The molecule has 5 nitrogen and oxygen atoms in total. The fourth-order valence-corrected chi connectivity index (χ4v) is 4.51. The quantitative estimate of drug-likeness (QED) is 0.729. The number of hydrogen-bond acceptors (Lipinski definition) is 5. The third kappa shape index (κ3) is 3.96. The molecule has 100 valence electrons. The topological polar surface area (TPSA) is 86.5 Å². The normalized spacial score (nSPS) is 25.5. The van der Waals surface area contributed by atoms with Gasteiger partial charge in [0.15, 0.2) is 9.84 Å². The van der Waals surface area contributed by atoms with Crippen LogP contribution in [-0.4, -0.2) is 39.0 Å². The van der Waals surface area contributed by atoms with Crippen LogP contribution in [0.3, 0.4) is 0 Å². The molecular formula is C11H21NO4S. The molecule has 0 aromatic carbocycles. The first-order valence-corrected chi connectivity index (χ1v) is 7.71. The number of sulfone groups is 1. The van der Waals surface area contributed by atoms with E-state index in [-0.39, 0.29) is 23.3 Å². The molecule has 0 aromatic rings. The van der Waals surface area contributed by atoms with Crippen molar-refractivity contribution in [3.8, 4) is 0 Å². The molecule has 0 spiro atoms. The summed E-state index contributed by atoms with van der Waals surface area (Å²) in [5.41, 5.74) is 5.62. The zero-order valence-corrected chi connectivity index (χ0v) is 11.0. The van der Waals surface area contributed by atoms with Crippen LogP contribution >= 0.6 is 0 Å². The molecule has 6 heteroatoms. The molecule has 2 atom stereocenters. The van der Waals surface area contributed by atoms with Crippen molar-refractivity contribution in [3.05, 3.63) is 0 Å². The minimum Gasteiger partial charge on any atom is -0.469 e. The molecule has 1 saturated carbocycles. The highest BCUT2D eigenvalue weighted by atomic mass is 32.2. The molecule has 0 aromatic heterocycles. The fourth-order valence-electron chi connectivity index (χ4n) is 2.40. The summed E-state index contributed by atoms with van der Waals surface area (Å²) >= 11 is 0. The second-order valence-corrected chi connectivity index (χ2v) is 6.85. The largest absolute Gasteiger partial charge is 0.469 e. The monoisotopic (exact) mass is 263 g/mol. The average molecular weight is 263 g/mol. The van der Waals surface area contributed by atoms with Gasteiger partial charge in [0.05, 0.1) is 24.5 Å². The van der Waals surface area contributed by atoms with Crippen LogP contribution in [0, 0.1) is 5.92 Å². The number of rotatable bonds is 5. The molecule has 1 fully saturated rings. The van der Waals surface area contributed by atoms with E-state index >= 15 is 0 Å². The Bertz CT molecular complexity index is 352. The van der Waals surface area contributed by atoms with E-state index < -0.39 is 15.8 Å². The summed E-state index contributed by atoms with van der Waals surface area (Å²) in [5.74, 6) is -0.555. The lowest BCUT2D eigenvalue weighted by Gasteiger charge is -2.30. The molecular weight excluding hydrogens is 242 g/mol. The summed E-state index contributed by atoms with van der Waals surface area (Å²) in [5, 5.41) is -0.370. The molecule has 1 aliphatic carbocycles. The highest BCUT2D eigenvalue weighted by molar-refractivity contribution is 7.92. The molecule has 0 bridgehead atoms. The Morgan fingerprint density at radius 2 is 2.00 bits per heavy atom. The van der Waals surface area contributed by atoms with Crippen molar-refractivity contribution in [3.63, 3.8) is 0 Å². The summed E-state index contributed by atoms with van der Waals surface area (Å²) in [4.78, 5) is 11.0. The minimum atomic E-state index is -3.23. The van der Waals surface area contributed by atoms with Gasteiger partial charge in [0.2, 0.25) is 0 Å². The summed E-state index contributed by atoms with van der Waals surface area (Å²) in [6.07, 6.45) is 3.46. The second-order valence-electron chi connectivity index (χ2n) is 4.51. The number of esters is 1. The molecule has 0 radical (unpaired) electrons. The van der Waals surface area contributed by atoms with Crippen LogP contribution in [0.2, 0.25) is 0 Å². The van der Waals surface area contributed by atoms with Crippen molar-refractivity contribution in [2.45, 2.75) is 37.4 Å². The van der Waals surface area contributed by atoms with E-state index in [1.165, 1.54) is 7.11 Å². The van der Waals surface area contributed by atoms with Crippen LogP contribution in [0.4, 0.5) is 0 Å². The van der Waals surface area contributed by atoms with Gasteiger partial charge in [-0.25, -0.2) is 8.42 Å². The van der Waals surface area contributed by atoms with E-state index in [2.05, 4.69) is 4.74 Å². The van der Waals surface area contributed by atoms with Crippen molar-refractivity contribution in [1.29, 1.82) is 0 Å². The van der Waals surface area contributed by atoms with Crippen LogP contribution < -0.4 is 5.73 Å². The van der Waals surface area contributed by atoms with E-state index in [4.69, 9.17) is 5.73 Å². The van der Waals surface area contributed by atoms with Crippen LogP contribution in [0.25, 0.3) is 0 Å². The average Bonchev–Trinajstić information content (AvgIpc) is 2.35. The standard InChI is InChI=1S/C11H21NO4S/c1-16-11(13)6-7-17(14,15)10-5-3-2-4-9(10)8-12/h9-10H,2-8,12H2,1H3. The first-order valence-electron chi connectivity index (χ1n) is 5.99. The van der Waals surface area contributed by atoms with Gasteiger partial charge in [-0.05, 0) is 25.3 Å². The second kappa shape index (κ2) is 6.35. The predicted octanol–water partition coefficient (Wildman–Crippen LogP) is 0.482. The predicted molar refractivity (Wildman–Crippen MR) is 65.2 cm³/mol. The van der Waals surface area contributed by atoms with E-state index in [1.54, 1.807) is 0 Å². The van der Waals surface area contributed by atoms with Crippen molar-refractivity contribution in [2.75, 3.05) is 19.4 Å². The maximum Gasteiger partial charge on any atom is 0.306 e. The van der Waals surface area contributed by atoms with Gasteiger partial charge in [-0.3, -0.25) is 4.79 Å². The number of methoxy groups -OCH3 is 1. The molecule has 0 heterocycles. The van der Waals surface area contributed by atoms with Crippen molar-refractivity contribution >= 4 is 15.8 Å². The summed E-state index contributed by atoms with van der Waals surface area (Å²) in [7, 11) is -1.97. The van der Waals surface area contributed by atoms with Gasteiger partial charge in [0.1, 0.15) is 0 Å². The van der Waals surface area contributed by atoms with E-state index in [0.29, 0.717) is 13.0 Å². The van der Waals surface area contributed by atoms with Crippen molar-refractivity contribution < 1.29 is 17.9 Å². The molecule has 0 saturated heterocycles. The Kier molecular flexibility index (Phi) is 5.39. The third-order valence-corrected chi connectivity index (χ3v) is 5.74. The Hall–Kier alpha value is -0.620. The van der Waals surface area contributed by atoms with Crippen molar-refractivity contribution in [1.82, 2.24) is 0 Å². The first kappa shape index (κ1) is 14.4. The number of carbonyl (C=O) groups is 1. The summed E-state index contributed by atoms with van der Waals surface area (Å²) < 4.78 is 28.7. The molecule has 1 rings (SSSR count). The SMILES string of the molecule is COC(=O)CCS(=O)(=O)C1CCCCC1CN. The number of hydrogen-bond donors (Lipinski definition) is 1. The van der Waals surface area contributed by atoms with Gasteiger partial charge >= 0.3 is 5.97 Å². The zero-order valence-electron chi connectivity index (χ0n) is 10.2. The Morgan fingerprint density at radius 3 is 2.59 bits per heavy atom. The lowest BCUT2D eigenvalue weighted by molar-refractivity contribution is -0.140. The number of carbonyl (C=O) groups excluding carboxylic acids is 1. The number of nitrogens with two attached hydrogens (primary N) is 1. The molecule has 1 aliphatic rings. The van der Waals surface area contributed by atoms with Gasteiger partial charge in [0.25, 0.3) is 0 Å². The molecule has 0 amide bonds. The minimum absolute atomic E-state index is 0.0476. The van der Waals surface area contributed by atoms with Gasteiger partial charge in [-0.1, -0.05) is 12.8 Å². The molecule has 17 heavy (non-hydrogen) atoms. The van der Waals surface area contributed by atoms with Crippen LogP contribution in [-0.2, 0) is 19.4 Å². The highest BCUT2D eigenvalue weighted by Gasteiger charge is 2.34. The Labute approximate surface area is 103 Å². The first-order chi connectivity index (χ1) is 8.01. The lowest BCUT2D eigenvalue weighted by Crippen LogP contribution is -2.38. The third-order valence-electron chi connectivity index (χ3n) is 3.42. The molecule has 0 aliphatic heterocycles. The molecule has 2 N–H and O–H groups in total. The van der Waals surface area contributed by atoms with Gasteiger partial charge in [-0.15, -0.1) is 0 Å². The maximum atomic E-state index is 12.1. The zero-order chi connectivity index (χ0) is 12.9. The maximum absolute atomic E-state index is 12.1. The van der Waals surface area contributed by atoms with Gasteiger partial charge < -0.3 is 10.5 Å². The Balaban J connectivity index is 2.64. The fraction of sp³-hybridized carbons (Fsp3) is 0.909. The summed E-state index contributed by atoms with van der Waals surface area (Å²) in [6, 6.07) is 0. The smallest absolute Gasteiger partial charge is 0.306 e. The van der Waals surface area contributed by atoms with Crippen LogP contribution in [0.15, 0.2) is 0 Å². The summed E-state index contributed by atoms with van der Waals surface area (Å²) in [6.45, 7) is 0.405. The molecule has 2 unspecified atom stereocenters. The number of ether oxygens (including phenoxy) is 1. The Morgan fingerprint density at radius 1 is 1.35 bits per heavy atom.